The summed E-state index contributed by atoms with van der Waals surface area (Å²) in [5, 5.41) is 2.14. The van der Waals surface area contributed by atoms with Crippen molar-refractivity contribution in [2.45, 2.75) is 31.1 Å². The van der Waals surface area contributed by atoms with Gasteiger partial charge in [0.1, 0.15) is 0 Å². The Bertz CT molecular complexity index is 592. The lowest BCUT2D eigenvalue weighted by molar-refractivity contribution is -0.116. The van der Waals surface area contributed by atoms with Crippen molar-refractivity contribution in [3.63, 3.8) is 0 Å². The number of benzene rings is 2. The van der Waals surface area contributed by atoms with Gasteiger partial charge < -0.3 is 0 Å². The maximum absolute atomic E-state index is 12.0. The Morgan fingerprint density at radius 1 is 1.00 bits per heavy atom. The minimum atomic E-state index is -0.456. The Kier molecular flexibility index (Phi) is 2.87. The summed E-state index contributed by atoms with van der Waals surface area (Å²) in [4.78, 5) is 12.0. The molecule has 1 fully saturated rings. The van der Waals surface area contributed by atoms with Gasteiger partial charge in [0.05, 0.1) is 5.41 Å². The number of hydrogen-bond donors (Lipinski definition) is 0. The predicted molar refractivity (Wildman–Crippen MR) is 75.0 cm³/mol. The fraction of sp³-hybridized carbons (Fsp3) is 0.312. The summed E-state index contributed by atoms with van der Waals surface area (Å²) in [6.45, 7) is 0. The van der Waals surface area contributed by atoms with E-state index in [-0.39, 0.29) is 5.24 Å². The van der Waals surface area contributed by atoms with E-state index in [0.717, 1.165) is 36.6 Å². The fourth-order valence-electron chi connectivity index (χ4n) is 3.19. The largest absolute Gasteiger partial charge is 0.280 e. The zero-order valence-electron chi connectivity index (χ0n) is 10.2. The van der Waals surface area contributed by atoms with Crippen molar-refractivity contribution in [2.24, 2.45) is 0 Å². The molecule has 2 heteroatoms. The topological polar surface area (TPSA) is 17.1 Å². The molecule has 0 spiro atoms. The van der Waals surface area contributed by atoms with E-state index < -0.39 is 5.41 Å². The van der Waals surface area contributed by atoms with Crippen molar-refractivity contribution in [3.8, 4) is 0 Å². The predicted octanol–water partition coefficient (Wildman–Crippen LogP) is 4.42. The van der Waals surface area contributed by atoms with E-state index in [1.165, 1.54) is 5.39 Å². The molecule has 1 aliphatic rings. The van der Waals surface area contributed by atoms with Gasteiger partial charge >= 0.3 is 0 Å². The molecule has 1 nitrogen and oxygen atoms in total. The van der Waals surface area contributed by atoms with E-state index in [4.69, 9.17) is 11.6 Å². The van der Waals surface area contributed by atoms with Crippen LogP contribution in [-0.2, 0) is 10.2 Å². The second-order valence-corrected chi connectivity index (χ2v) is 5.43. The van der Waals surface area contributed by atoms with E-state index >= 15 is 0 Å². The van der Waals surface area contributed by atoms with E-state index in [9.17, 15) is 4.79 Å². The first-order valence-corrected chi connectivity index (χ1v) is 6.80. The minimum absolute atomic E-state index is 0.198. The molecule has 1 saturated carbocycles. The zero-order chi connectivity index (χ0) is 12.6. The van der Waals surface area contributed by atoms with E-state index in [2.05, 4.69) is 24.3 Å². The smallest absolute Gasteiger partial charge is 0.232 e. The van der Waals surface area contributed by atoms with Crippen molar-refractivity contribution in [1.29, 1.82) is 0 Å². The van der Waals surface area contributed by atoms with Crippen LogP contribution in [0.25, 0.3) is 10.8 Å². The molecule has 2 aromatic rings. The first kappa shape index (κ1) is 11.7. The maximum Gasteiger partial charge on any atom is 0.232 e. The number of hydrogen-bond acceptors (Lipinski definition) is 1. The molecule has 2 aromatic carbocycles. The highest BCUT2D eigenvalue weighted by molar-refractivity contribution is 6.65. The lowest BCUT2D eigenvalue weighted by atomic mass is 9.78. The minimum Gasteiger partial charge on any atom is -0.280 e. The molecule has 1 aliphatic carbocycles. The molecule has 0 bridgehead atoms. The average molecular weight is 259 g/mol. The molecule has 92 valence electrons. The molecule has 0 atom stereocenters. The van der Waals surface area contributed by atoms with Gasteiger partial charge in [-0.25, -0.2) is 0 Å². The maximum atomic E-state index is 12.0. The SMILES string of the molecule is O=C(Cl)C1(c2cccc3ccccc23)CCCC1. The molecule has 0 N–H and O–H groups in total. The Hall–Kier alpha value is -1.34. The number of carbonyl (C=O) groups excluding carboxylic acids is 1. The zero-order valence-corrected chi connectivity index (χ0v) is 10.9. The van der Waals surface area contributed by atoms with Gasteiger partial charge in [-0.2, -0.15) is 0 Å². The van der Waals surface area contributed by atoms with Crippen LogP contribution in [0.5, 0.6) is 0 Å². The lowest BCUT2D eigenvalue weighted by Gasteiger charge is -2.26. The van der Waals surface area contributed by atoms with Gasteiger partial charge in [0, 0.05) is 0 Å². The third kappa shape index (κ3) is 1.65. The number of halogens is 1. The number of carbonyl (C=O) groups is 1. The van der Waals surface area contributed by atoms with Gasteiger partial charge in [0.15, 0.2) is 0 Å². The summed E-state index contributed by atoms with van der Waals surface area (Å²) >= 11 is 5.94. The van der Waals surface area contributed by atoms with Gasteiger partial charge in [-0.1, -0.05) is 55.3 Å². The molecule has 3 rings (SSSR count). The van der Waals surface area contributed by atoms with Crippen LogP contribution in [0.2, 0.25) is 0 Å². The van der Waals surface area contributed by atoms with Crippen LogP contribution < -0.4 is 0 Å². The van der Waals surface area contributed by atoms with Crippen LogP contribution in [0.15, 0.2) is 42.5 Å². The molecule has 0 heterocycles. The Morgan fingerprint density at radius 2 is 1.67 bits per heavy atom. The lowest BCUT2D eigenvalue weighted by Crippen LogP contribution is -2.29. The molecule has 0 unspecified atom stereocenters. The number of fused-ring (bicyclic) bond motifs is 1. The Morgan fingerprint density at radius 3 is 2.39 bits per heavy atom. The summed E-state index contributed by atoms with van der Waals surface area (Å²) in [7, 11) is 0. The first-order chi connectivity index (χ1) is 8.74. The highest BCUT2D eigenvalue weighted by Crippen LogP contribution is 2.45. The van der Waals surface area contributed by atoms with Gasteiger partial charge in [-0.3, -0.25) is 4.79 Å². The van der Waals surface area contributed by atoms with E-state index in [1.54, 1.807) is 0 Å². The van der Waals surface area contributed by atoms with Crippen LogP contribution in [0, 0.1) is 0 Å². The van der Waals surface area contributed by atoms with Crippen molar-refractivity contribution in [2.75, 3.05) is 0 Å². The van der Waals surface area contributed by atoms with Crippen LogP contribution in [0.4, 0.5) is 0 Å². The molecule has 0 radical (unpaired) electrons. The molecular formula is C16H15ClO. The van der Waals surface area contributed by atoms with Crippen molar-refractivity contribution >= 4 is 27.6 Å². The summed E-state index contributed by atoms with van der Waals surface area (Å²) in [5.41, 5.74) is 0.653. The summed E-state index contributed by atoms with van der Waals surface area (Å²) < 4.78 is 0. The van der Waals surface area contributed by atoms with Crippen LogP contribution in [0.3, 0.4) is 0 Å². The first-order valence-electron chi connectivity index (χ1n) is 6.42. The normalized spacial score (nSPS) is 18.1. The van der Waals surface area contributed by atoms with Crippen LogP contribution in [0.1, 0.15) is 31.2 Å². The Labute approximate surface area is 112 Å². The summed E-state index contributed by atoms with van der Waals surface area (Å²) in [6, 6.07) is 14.4. The van der Waals surface area contributed by atoms with Crippen molar-refractivity contribution < 1.29 is 4.79 Å². The highest BCUT2D eigenvalue weighted by Gasteiger charge is 2.42. The van der Waals surface area contributed by atoms with Gasteiger partial charge in [0.2, 0.25) is 5.24 Å². The quantitative estimate of drug-likeness (QED) is 0.729. The van der Waals surface area contributed by atoms with Crippen LogP contribution in [-0.4, -0.2) is 5.24 Å². The van der Waals surface area contributed by atoms with Crippen molar-refractivity contribution in [1.82, 2.24) is 0 Å². The second kappa shape index (κ2) is 4.40. The van der Waals surface area contributed by atoms with Gasteiger partial charge in [0.25, 0.3) is 0 Å². The van der Waals surface area contributed by atoms with Crippen LogP contribution >= 0.6 is 11.6 Å². The third-order valence-electron chi connectivity index (χ3n) is 4.14. The fourth-order valence-corrected chi connectivity index (χ4v) is 3.48. The summed E-state index contributed by atoms with van der Waals surface area (Å²) in [5.74, 6) is 0. The molecule has 0 amide bonds. The third-order valence-corrected chi connectivity index (χ3v) is 4.50. The van der Waals surface area contributed by atoms with Gasteiger partial charge in [-0.05, 0) is 40.8 Å². The van der Waals surface area contributed by atoms with Gasteiger partial charge in [-0.15, -0.1) is 0 Å². The average Bonchev–Trinajstić information content (AvgIpc) is 2.88. The molecule has 0 aromatic heterocycles. The number of rotatable bonds is 2. The molecule has 18 heavy (non-hydrogen) atoms. The molecular weight excluding hydrogens is 244 g/mol. The summed E-state index contributed by atoms with van der Waals surface area (Å²) in [6.07, 6.45) is 3.93. The van der Waals surface area contributed by atoms with E-state index in [0.29, 0.717) is 0 Å². The molecule has 0 aliphatic heterocycles. The highest BCUT2D eigenvalue weighted by atomic mass is 35.5. The van der Waals surface area contributed by atoms with Crippen molar-refractivity contribution in [3.05, 3.63) is 48.0 Å². The Balaban J connectivity index is 2.27. The second-order valence-electron chi connectivity index (χ2n) is 5.09. The standard InChI is InChI=1S/C16H15ClO/c17-15(18)16(10-3-4-11-16)14-9-5-7-12-6-1-2-8-13(12)14/h1-2,5-9H,3-4,10-11H2. The monoisotopic (exact) mass is 258 g/mol. The molecule has 0 saturated heterocycles. The van der Waals surface area contributed by atoms with E-state index in [1.807, 2.05) is 18.2 Å².